The molecule has 2 aliphatic rings. The van der Waals surface area contributed by atoms with Gasteiger partial charge < -0.3 is 15.4 Å². The third-order valence-corrected chi connectivity index (χ3v) is 6.49. The van der Waals surface area contributed by atoms with Gasteiger partial charge in [-0.2, -0.15) is 0 Å². The minimum absolute atomic E-state index is 0.387. The van der Waals surface area contributed by atoms with Crippen molar-refractivity contribution in [2.45, 2.75) is 51.1 Å². The van der Waals surface area contributed by atoms with Crippen molar-refractivity contribution in [1.82, 2.24) is 9.80 Å². The lowest BCUT2D eigenvalue weighted by Crippen LogP contribution is -2.39. The molecular formula is C26H37N3O. The highest BCUT2D eigenvalue weighted by atomic mass is 16.5. The Hall–Kier alpha value is -1.88. The number of nitrogens with two attached hydrogens (primary N) is 1. The molecule has 0 unspecified atom stereocenters. The average Bonchev–Trinajstić information content (AvgIpc) is 2.80. The molecule has 0 saturated carbocycles. The van der Waals surface area contributed by atoms with E-state index in [2.05, 4.69) is 58.3 Å². The van der Waals surface area contributed by atoms with E-state index in [9.17, 15) is 0 Å². The van der Waals surface area contributed by atoms with Crippen LogP contribution in [0.25, 0.3) is 11.1 Å². The van der Waals surface area contributed by atoms with Gasteiger partial charge in [0.1, 0.15) is 5.75 Å². The van der Waals surface area contributed by atoms with E-state index in [1.807, 2.05) is 0 Å². The predicted molar refractivity (Wildman–Crippen MR) is 125 cm³/mol. The average molecular weight is 408 g/mol. The fourth-order valence-electron chi connectivity index (χ4n) is 4.62. The molecule has 4 rings (SSSR count). The van der Waals surface area contributed by atoms with E-state index in [-0.39, 0.29) is 0 Å². The molecule has 2 heterocycles. The molecule has 0 aliphatic carbocycles. The first-order valence-corrected chi connectivity index (χ1v) is 11.8. The van der Waals surface area contributed by atoms with Crippen LogP contribution in [0.15, 0.2) is 48.5 Å². The van der Waals surface area contributed by atoms with Crippen molar-refractivity contribution in [3.8, 4) is 16.9 Å². The van der Waals surface area contributed by atoms with Gasteiger partial charge in [-0.1, -0.05) is 36.8 Å². The minimum Gasteiger partial charge on any atom is -0.494 e. The van der Waals surface area contributed by atoms with Gasteiger partial charge in [0.25, 0.3) is 0 Å². The summed E-state index contributed by atoms with van der Waals surface area (Å²) in [5.41, 5.74) is 9.94. The van der Waals surface area contributed by atoms with Gasteiger partial charge in [0, 0.05) is 19.1 Å². The fraction of sp³-hybridized carbons (Fsp3) is 0.538. The van der Waals surface area contributed by atoms with Gasteiger partial charge in [-0.3, -0.25) is 4.90 Å². The van der Waals surface area contributed by atoms with Crippen LogP contribution in [0.5, 0.6) is 5.75 Å². The van der Waals surface area contributed by atoms with Crippen LogP contribution in [0.1, 0.15) is 44.1 Å². The van der Waals surface area contributed by atoms with E-state index in [1.165, 1.54) is 49.0 Å². The Bertz CT molecular complexity index is 762. The molecule has 2 saturated heterocycles. The standard InChI is InChI=1S/C26H37N3O/c27-25-12-17-29(18-13-25)21-22-6-4-7-24(20-22)23-8-10-26(11-9-23)30-19-5-16-28-14-2-1-3-15-28/h4,6-11,20,25H,1-3,5,12-19,21,27H2. The Morgan fingerprint density at radius 3 is 2.37 bits per heavy atom. The summed E-state index contributed by atoms with van der Waals surface area (Å²) >= 11 is 0. The molecule has 4 heteroatoms. The summed E-state index contributed by atoms with van der Waals surface area (Å²) in [6.07, 6.45) is 7.43. The Balaban J connectivity index is 1.26. The predicted octanol–water partition coefficient (Wildman–Crippen LogP) is 4.53. The normalized spacial score (nSPS) is 19.1. The zero-order valence-electron chi connectivity index (χ0n) is 18.3. The molecule has 2 fully saturated rings. The summed E-state index contributed by atoms with van der Waals surface area (Å²) in [5.74, 6) is 0.971. The van der Waals surface area contributed by atoms with Crippen molar-refractivity contribution >= 4 is 0 Å². The topological polar surface area (TPSA) is 41.7 Å². The van der Waals surface area contributed by atoms with Crippen LogP contribution in [-0.4, -0.2) is 55.2 Å². The molecule has 0 atom stereocenters. The quantitative estimate of drug-likeness (QED) is 0.653. The Morgan fingerprint density at radius 2 is 1.60 bits per heavy atom. The minimum atomic E-state index is 0.387. The molecule has 0 radical (unpaired) electrons. The molecular weight excluding hydrogens is 370 g/mol. The molecule has 30 heavy (non-hydrogen) atoms. The summed E-state index contributed by atoms with van der Waals surface area (Å²) in [4.78, 5) is 5.09. The van der Waals surface area contributed by atoms with E-state index in [1.54, 1.807) is 0 Å². The highest BCUT2D eigenvalue weighted by Gasteiger charge is 2.16. The van der Waals surface area contributed by atoms with E-state index in [0.29, 0.717) is 6.04 Å². The van der Waals surface area contributed by atoms with Crippen molar-refractivity contribution < 1.29 is 4.74 Å². The number of likely N-dealkylation sites (tertiary alicyclic amines) is 2. The highest BCUT2D eigenvalue weighted by Crippen LogP contribution is 2.24. The smallest absolute Gasteiger partial charge is 0.119 e. The molecule has 0 amide bonds. The first kappa shape index (κ1) is 21.4. The first-order chi connectivity index (χ1) is 14.8. The molecule has 0 bridgehead atoms. The number of benzene rings is 2. The lowest BCUT2D eigenvalue weighted by atomic mass is 10.0. The summed E-state index contributed by atoms with van der Waals surface area (Å²) in [6, 6.07) is 17.9. The van der Waals surface area contributed by atoms with Crippen LogP contribution in [0.2, 0.25) is 0 Å². The van der Waals surface area contributed by atoms with Crippen LogP contribution in [0.4, 0.5) is 0 Å². The Labute approximate surface area is 182 Å². The number of hydrogen-bond donors (Lipinski definition) is 1. The number of rotatable bonds is 8. The van der Waals surface area contributed by atoms with Gasteiger partial charge in [0.05, 0.1) is 6.61 Å². The molecule has 162 valence electrons. The summed E-state index contributed by atoms with van der Waals surface area (Å²) in [6.45, 7) is 7.71. The van der Waals surface area contributed by atoms with Gasteiger partial charge in [-0.05, 0) is 93.2 Å². The third-order valence-electron chi connectivity index (χ3n) is 6.49. The SMILES string of the molecule is NC1CCN(Cc2cccc(-c3ccc(OCCCN4CCCCC4)cc3)c2)CC1. The summed E-state index contributed by atoms with van der Waals surface area (Å²) in [7, 11) is 0. The van der Waals surface area contributed by atoms with E-state index < -0.39 is 0 Å². The van der Waals surface area contributed by atoms with E-state index in [0.717, 1.165) is 57.8 Å². The van der Waals surface area contributed by atoms with Gasteiger partial charge in [-0.15, -0.1) is 0 Å². The van der Waals surface area contributed by atoms with Gasteiger partial charge >= 0.3 is 0 Å². The largest absolute Gasteiger partial charge is 0.494 e. The van der Waals surface area contributed by atoms with Crippen LogP contribution >= 0.6 is 0 Å². The second-order valence-corrected chi connectivity index (χ2v) is 8.94. The molecule has 2 aromatic rings. The zero-order valence-corrected chi connectivity index (χ0v) is 18.3. The van der Waals surface area contributed by atoms with Gasteiger partial charge in [0.15, 0.2) is 0 Å². The molecule has 2 N–H and O–H groups in total. The Kier molecular flexibility index (Phi) is 7.79. The van der Waals surface area contributed by atoms with Crippen molar-refractivity contribution in [3.63, 3.8) is 0 Å². The molecule has 0 spiro atoms. The molecule has 2 aromatic carbocycles. The van der Waals surface area contributed by atoms with Crippen LogP contribution < -0.4 is 10.5 Å². The number of piperidine rings is 2. The number of nitrogens with zero attached hydrogens (tertiary/aromatic N) is 2. The lowest BCUT2D eigenvalue weighted by Gasteiger charge is -2.30. The first-order valence-electron chi connectivity index (χ1n) is 11.8. The van der Waals surface area contributed by atoms with Crippen molar-refractivity contribution in [2.75, 3.05) is 39.3 Å². The maximum atomic E-state index is 6.04. The van der Waals surface area contributed by atoms with Crippen LogP contribution in [0, 0.1) is 0 Å². The van der Waals surface area contributed by atoms with Crippen molar-refractivity contribution in [3.05, 3.63) is 54.1 Å². The van der Waals surface area contributed by atoms with E-state index in [4.69, 9.17) is 10.5 Å². The van der Waals surface area contributed by atoms with Crippen molar-refractivity contribution in [1.29, 1.82) is 0 Å². The second-order valence-electron chi connectivity index (χ2n) is 8.94. The van der Waals surface area contributed by atoms with Crippen molar-refractivity contribution in [2.24, 2.45) is 5.73 Å². The molecule has 2 aliphatic heterocycles. The monoisotopic (exact) mass is 407 g/mol. The summed E-state index contributed by atoms with van der Waals surface area (Å²) in [5, 5.41) is 0. The third kappa shape index (κ3) is 6.31. The lowest BCUT2D eigenvalue weighted by molar-refractivity contribution is 0.205. The molecule has 0 aromatic heterocycles. The van der Waals surface area contributed by atoms with Crippen LogP contribution in [0.3, 0.4) is 0 Å². The highest BCUT2D eigenvalue weighted by molar-refractivity contribution is 5.64. The second kappa shape index (κ2) is 10.9. The molecule has 4 nitrogen and oxygen atoms in total. The van der Waals surface area contributed by atoms with Gasteiger partial charge in [-0.25, -0.2) is 0 Å². The van der Waals surface area contributed by atoms with Crippen LogP contribution in [-0.2, 0) is 6.54 Å². The maximum Gasteiger partial charge on any atom is 0.119 e. The zero-order chi connectivity index (χ0) is 20.6. The number of ether oxygens (including phenoxy) is 1. The summed E-state index contributed by atoms with van der Waals surface area (Å²) < 4.78 is 5.98. The fourth-order valence-corrected chi connectivity index (χ4v) is 4.62. The van der Waals surface area contributed by atoms with E-state index >= 15 is 0 Å². The Morgan fingerprint density at radius 1 is 0.833 bits per heavy atom. The van der Waals surface area contributed by atoms with Gasteiger partial charge in [0.2, 0.25) is 0 Å². The maximum absolute atomic E-state index is 6.04. The number of hydrogen-bond acceptors (Lipinski definition) is 4.